The first-order valence-corrected chi connectivity index (χ1v) is 6.68. The minimum atomic E-state index is 0.645. The largest absolute Gasteiger partial charge is 0.0654 e. The van der Waals surface area contributed by atoms with Crippen molar-refractivity contribution in [3.05, 3.63) is 0 Å². The fraction of sp³-hybridized carbons (Fsp3) is 1.00. The standard InChI is InChI=1S/C14H28/c1-5-11-14(4,7-3)13-10-8-9-12(13)6-2/h12-13H,5-11H2,1-4H3. The normalized spacial score (nSPS) is 31.7. The van der Waals surface area contributed by atoms with E-state index in [9.17, 15) is 0 Å². The quantitative estimate of drug-likeness (QED) is 0.578. The van der Waals surface area contributed by atoms with Crippen LogP contribution in [-0.4, -0.2) is 0 Å². The smallest absolute Gasteiger partial charge is 0.0298 e. The molecule has 0 aliphatic heterocycles. The lowest BCUT2D eigenvalue weighted by molar-refractivity contribution is 0.118. The van der Waals surface area contributed by atoms with Crippen LogP contribution in [-0.2, 0) is 0 Å². The van der Waals surface area contributed by atoms with Gasteiger partial charge in [0.15, 0.2) is 0 Å². The van der Waals surface area contributed by atoms with Gasteiger partial charge in [0.1, 0.15) is 0 Å². The van der Waals surface area contributed by atoms with Crippen LogP contribution < -0.4 is 0 Å². The summed E-state index contributed by atoms with van der Waals surface area (Å²) in [6, 6.07) is 0. The molecule has 0 heterocycles. The Kier molecular flexibility index (Phi) is 4.47. The lowest BCUT2D eigenvalue weighted by Gasteiger charge is -2.38. The van der Waals surface area contributed by atoms with Gasteiger partial charge in [0.25, 0.3) is 0 Å². The predicted molar refractivity (Wildman–Crippen MR) is 64.4 cm³/mol. The molecule has 3 atom stereocenters. The van der Waals surface area contributed by atoms with E-state index in [-0.39, 0.29) is 0 Å². The molecule has 0 N–H and O–H groups in total. The fourth-order valence-electron chi connectivity index (χ4n) is 3.64. The minimum Gasteiger partial charge on any atom is -0.0654 e. The average Bonchev–Trinajstić information content (AvgIpc) is 2.66. The Morgan fingerprint density at radius 3 is 2.36 bits per heavy atom. The molecule has 0 heteroatoms. The summed E-state index contributed by atoms with van der Waals surface area (Å²) >= 11 is 0. The first-order valence-electron chi connectivity index (χ1n) is 6.68. The van der Waals surface area contributed by atoms with E-state index in [4.69, 9.17) is 0 Å². The van der Waals surface area contributed by atoms with Gasteiger partial charge in [-0.25, -0.2) is 0 Å². The van der Waals surface area contributed by atoms with Crippen molar-refractivity contribution in [3.63, 3.8) is 0 Å². The van der Waals surface area contributed by atoms with Crippen molar-refractivity contribution in [2.45, 2.75) is 72.6 Å². The summed E-state index contributed by atoms with van der Waals surface area (Å²) in [5, 5.41) is 0. The van der Waals surface area contributed by atoms with Gasteiger partial charge in [-0.2, -0.15) is 0 Å². The first-order chi connectivity index (χ1) is 6.68. The van der Waals surface area contributed by atoms with Gasteiger partial charge < -0.3 is 0 Å². The summed E-state index contributed by atoms with van der Waals surface area (Å²) in [6.45, 7) is 9.64. The Hall–Kier alpha value is 0. The Bertz CT molecular complexity index is 161. The SMILES string of the molecule is CCCC(C)(CC)C1CCCC1CC. The van der Waals surface area contributed by atoms with Crippen molar-refractivity contribution >= 4 is 0 Å². The molecule has 1 saturated carbocycles. The van der Waals surface area contributed by atoms with Gasteiger partial charge in [-0.1, -0.05) is 59.8 Å². The van der Waals surface area contributed by atoms with Crippen LogP contribution in [0.15, 0.2) is 0 Å². The molecule has 14 heavy (non-hydrogen) atoms. The van der Waals surface area contributed by atoms with E-state index in [1.165, 1.54) is 44.9 Å². The average molecular weight is 196 g/mol. The predicted octanol–water partition coefficient (Wildman–Crippen LogP) is 5.03. The second-order valence-corrected chi connectivity index (χ2v) is 5.46. The monoisotopic (exact) mass is 196 g/mol. The third kappa shape index (κ3) is 2.32. The Labute approximate surface area is 90.5 Å². The van der Waals surface area contributed by atoms with E-state index < -0.39 is 0 Å². The maximum atomic E-state index is 2.54. The zero-order valence-electron chi connectivity index (χ0n) is 10.6. The summed E-state index contributed by atoms with van der Waals surface area (Å²) in [5.74, 6) is 2.06. The highest BCUT2D eigenvalue weighted by molar-refractivity contribution is 4.89. The van der Waals surface area contributed by atoms with Gasteiger partial charge in [-0.3, -0.25) is 0 Å². The van der Waals surface area contributed by atoms with Crippen LogP contribution in [0.1, 0.15) is 72.6 Å². The second kappa shape index (κ2) is 5.19. The Balaban J connectivity index is 2.66. The second-order valence-electron chi connectivity index (χ2n) is 5.46. The molecule has 3 unspecified atom stereocenters. The van der Waals surface area contributed by atoms with Crippen LogP contribution in [0, 0.1) is 17.3 Å². The molecule has 0 aromatic rings. The molecular weight excluding hydrogens is 168 g/mol. The van der Waals surface area contributed by atoms with Crippen molar-refractivity contribution in [3.8, 4) is 0 Å². The third-order valence-electron chi connectivity index (χ3n) is 4.71. The van der Waals surface area contributed by atoms with Crippen LogP contribution >= 0.6 is 0 Å². The van der Waals surface area contributed by atoms with Gasteiger partial charge in [0, 0.05) is 0 Å². The summed E-state index contributed by atoms with van der Waals surface area (Å²) in [5.41, 5.74) is 0.645. The molecule has 0 spiro atoms. The molecule has 0 bridgehead atoms. The molecule has 0 aromatic carbocycles. The van der Waals surface area contributed by atoms with Gasteiger partial charge in [0.2, 0.25) is 0 Å². The van der Waals surface area contributed by atoms with Gasteiger partial charge in [-0.15, -0.1) is 0 Å². The lowest BCUT2D eigenvalue weighted by Crippen LogP contribution is -2.29. The Morgan fingerprint density at radius 2 is 1.86 bits per heavy atom. The molecule has 0 radical (unpaired) electrons. The van der Waals surface area contributed by atoms with E-state index in [1.807, 2.05) is 0 Å². The van der Waals surface area contributed by atoms with Crippen molar-refractivity contribution < 1.29 is 0 Å². The molecule has 0 amide bonds. The van der Waals surface area contributed by atoms with E-state index >= 15 is 0 Å². The number of hydrogen-bond acceptors (Lipinski definition) is 0. The van der Waals surface area contributed by atoms with Crippen LogP contribution in [0.5, 0.6) is 0 Å². The van der Waals surface area contributed by atoms with Crippen molar-refractivity contribution in [1.82, 2.24) is 0 Å². The van der Waals surface area contributed by atoms with Crippen LogP contribution in [0.2, 0.25) is 0 Å². The maximum Gasteiger partial charge on any atom is -0.0298 e. The summed E-state index contributed by atoms with van der Waals surface area (Å²) < 4.78 is 0. The van der Waals surface area contributed by atoms with E-state index in [2.05, 4.69) is 27.7 Å². The first kappa shape index (κ1) is 12.1. The molecule has 0 saturated heterocycles. The van der Waals surface area contributed by atoms with Crippen molar-refractivity contribution in [2.24, 2.45) is 17.3 Å². The van der Waals surface area contributed by atoms with E-state index in [0.717, 1.165) is 11.8 Å². The highest BCUT2D eigenvalue weighted by Crippen LogP contribution is 2.49. The maximum absolute atomic E-state index is 2.54. The van der Waals surface area contributed by atoms with Crippen molar-refractivity contribution in [1.29, 1.82) is 0 Å². The van der Waals surface area contributed by atoms with Gasteiger partial charge in [-0.05, 0) is 30.1 Å². The van der Waals surface area contributed by atoms with Crippen LogP contribution in [0.4, 0.5) is 0 Å². The number of hydrogen-bond donors (Lipinski definition) is 0. The minimum absolute atomic E-state index is 0.645. The number of rotatable bonds is 5. The zero-order chi connectivity index (χ0) is 10.6. The molecule has 0 aromatic heterocycles. The Morgan fingerprint density at radius 1 is 1.14 bits per heavy atom. The third-order valence-corrected chi connectivity index (χ3v) is 4.71. The molecule has 84 valence electrons. The lowest BCUT2D eigenvalue weighted by atomic mass is 9.67. The van der Waals surface area contributed by atoms with Gasteiger partial charge >= 0.3 is 0 Å². The van der Waals surface area contributed by atoms with Crippen LogP contribution in [0.3, 0.4) is 0 Å². The zero-order valence-corrected chi connectivity index (χ0v) is 10.6. The van der Waals surface area contributed by atoms with E-state index in [1.54, 1.807) is 0 Å². The summed E-state index contributed by atoms with van der Waals surface area (Å²) in [7, 11) is 0. The van der Waals surface area contributed by atoms with E-state index in [0.29, 0.717) is 5.41 Å². The molecule has 1 aliphatic carbocycles. The summed E-state index contributed by atoms with van der Waals surface area (Å²) in [6.07, 6.45) is 10.1. The summed E-state index contributed by atoms with van der Waals surface area (Å²) in [4.78, 5) is 0. The van der Waals surface area contributed by atoms with Crippen LogP contribution in [0.25, 0.3) is 0 Å². The molecule has 1 fully saturated rings. The van der Waals surface area contributed by atoms with Gasteiger partial charge in [0.05, 0.1) is 0 Å². The van der Waals surface area contributed by atoms with Crippen molar-refractivity contribution in [2.75, 3.05) is 0 Å². The molecular formula is C14H28. The fourth-order valence-corrected chi connectivity index (χ4v) is 3.64. The molecule has 0 nitrogen and oxygen atoms in total. The topological polar surface area (TPSA) is 0 Å². The molecule has 1 aliphatic rings. The highest BCUT2D eigenvalue weighted by Gasteiger charge is 2.38. The molecule has 1 rings (SSSR count). The highest BCUT2D eigenvalue weighted by atomic mass is 14.4.